The van der Waals surface area contributed by atoms with Crippen LogP contribution in [0.15, 0.2) is 24.3 Å². The Morgan fingerprint density at radius 1 is 1.00 bits per heavy atom. The van der Waals surface area contributed by atoms with Crippen molar-refractivity contribution in [1.29, 1.82) is 0 Å². The maximum Gasteiger partial charge on any atom is 0.0636 e. The smallest absolute Gasteiger partial charge is 0.0636 e. The summed E-state index contributed by atoms with van der Waals surface area (Å²) in [4.78, 5) is 0. The molecule has 0 aliphatic carbocycles. The molecule has 0 aliphatic heterocycles. The first-order valence-electron chi connectivity index (χ1n) is 6.78. The fourth-order valence-electron chi connectivity index (χ4n) is 1.74. The topological polar surface area (TPSA) is 44.3 Å². The van der Waals surface area contributed by atoms with Gasteiger partial charge in [0.1, 0.15) is 0 Å². The molecule has 0 radical (unpaired) electrons. The summed E-state index contributed by atoms with van der Waals surface area (Å²) in [6.07, 6.45) is -0.270. The van der Waals surface area contributed by atoms with Gasteiger partial charge < -0.3 is 15.7 Å². The van der Waals surface area contributed by atoms with Crippen molar-refractivity contribution >= 4 is 0 Å². The van der Waals surface area contributed by atoms with E-state index in [2.05, 4.69) is 48.7 Å². The number of nitrogens with one attached hydrogen (secondary N) is 2. The maximum atomic E-state index is 9.07. The van der Waals surface area contributed by atoms with E-state index in [0.29, 0.717) is 12.5 Å². The zero-order valence-corrected chi connectivity index (χ0v) is 11.7. The van der Waals surface area contributed by atoms with Gasteiger partial charge in [-0.3, -0.25) is 0 Å². The van der Waals surface area contributed by atoms with Gasteiger partial charge in [0.15, 0.2) is 0 Å². The zero-order chi connectivity index (χ0) is 13.4. The molecular weight excluding hydrogens is 224 g/mol. The Bertz CT molecular complexity index is 320. The first-order valence-corrected chi connectivity index (χ1v) is 6.78. The predicted molar refractivity (Wildman–Crippen MR) is 76.8 cm³/mol. The van der Waals surface area contributed by atoms with Crippen LogP contribution in [0.4, 0.5) is 0 Å². The van der Waals surface area contributed by atoms with Gasteiger partial charge in [0, 0.05) is 26.2 Å². The summed E-state index contributed by atoms with van der Waals surface area (Å²) in [6.45, 7) is 9.56. The van der Waals surface area contributed by atoms with Gasteiger partial charge in [0.05, 0.1) is 6.10 Å². The second-order valence-corrected chi connectivity index (χ2v) is 5.13. The fourth-order valence-corrected chi connectivity index (χ4v) is 1.74. The van der Waals surface area contributed by atoms with E-state index >= 15 is 0 Å². The average molecular weight is 250 g/mol. The minimum absolute atomic E-state index is 0.270. The van der Waals surface area contributed by atoms with Crippen molar-refractivity contribution in [2.45, 2.75) is 39.3 Å². The lowest BCUT2D eigenvalue weighted by Crippen LogP contribution is -2.31. The number of aliphatic hydroxyl groups excluding tert-OH is 1. The van der Waals surface area contributed by atoms with Crippen LogP contribution in [0.25, 0.3) is 0 Å². The van der Waals surface area contributed by atoms with Crippen molar-refractivity contribution in [1.82, 2.24) is 10.6 Å². The molecule has 3 nitrogen and oxygen atoms in total. The molecule has 1 atom stereocenters. The van der Waals surface area contributed by atoms with Gasteiger partial charge in [-0.25, -0.2) is 0 Å². The lowest BCUT2D eigenvalue weighted by molar-refractivity contribution is 0.191. The Morgan fingerprint density at radius 2 is 1.61 bits per heavy atom. The van der Waals surface area contributed by atoms with Crippen LogP contribution in [0.1, 0.15) is 37.8 Å². The van der Waals surface area contributed by atoms with Gasteiger partial charge >= 0.3 is 0 Å². The third kappa shape index (κ3) is 6.15. The second kappa shape index (κ2) is 8.25. The lowest BCUT2D eigenvalue weighted by Gasteiger charge is -2.09. The van der Waals surface area contributed by atoms with Gasteiger partial charge in [0.2, 0.25) is 0 Å². The highest BCUT2D eigenvalue weighted by atomic mass is 16.3. The summed E-state index contributed by atoms with van der Waals surface area (Å²) < 4.78 is 0. The Balaban J connectivity index is 2.15. The van der Waals surface area contributed by atoms with Crippen LogP contribution in [0.2, 0.25) is 0 Å². The molecule has 0 saturated carbocycles. The molecule has 1 rings (SSSR count). The maximum absolute atomic E-state index is 9.07. The van der Waals surface area contributed by atoms with Crippen LogP contribution >= 0.6 is 0 Å². The number of rotatable bonds is 8. The molecule has 0 saturated heterocycles. The molecule has 102 valence electrons. The van der Waals surface area contributed by atoms with Crippen molar-refractivity contribution in [3.05, 3.63) is 35.4 Å². The summed E-state index contributed by atoms with van der Waals surface area (Å²) in [5.74, 6) is 0.594. The first-order chi connectivity index (χ1) is 8.59. The lowest BCUT2D eigenvalue weighted by atomic mass is 10.0. The molecule has 0 aromatic heterocycles. The molecule has 3 heteroatoms. The Kier molecular flexibility index (Phi) is 6.94. The van der Waals surface area contributed by atoms with E-state index in [0.717, 1.165) is 19.6 Å². The normalized spacial score (nSPS) is 12.9. The van der Waals surface area contributed by atoms with Crippen LogP contribution in [-0.2, 0) is 6.54 Å². The van der Waals surface area contributed by atoms with Gasteiger partial charge in [0.25, 0.3) is 0 Å². The molecule has 18 heavy (non-hydrogen) atoms. The molecule has 0 amide bonds. The zero-order valence-electron chi connectivity index (χ0n) is 11.7. The predicted octanol–water partition coefficient (Wildman–Crippen LogP) is 1.87. The molecule has 0 bridgehead atoms. The quantitative estimate of drug-likeness (QED) is 0.617. The largest absolute Gasteiger partial charge is 0.392 e. The van der Waals surface area contributed by atoms with Crippen molar-refractivity contribution in [2.24, 2.45) is 0 Å². The molecular formula is C15H26N2O. The Hall–Kier alpha value is -0.900. The van der Waals surface area contributed by atoms with Crippen LogP contribution in [-0.4, -0.2) is 30.8 Å². The first kappa shape index (κ1) is 15.2. The summed E-state index contributed by atoms with van der Waals surface area (Å²) in [6, 6.07) is 8.78. The highest BCUT2D eigenvalue weighted by Gasteiger charge is 1.98. The third-order valence-corrected chi connectivity index (χ3v) is 2.89. The van der Waals surface area contributed by atoms with E-state index in [1.807, 2.05) is 0 Å². The minimum Gasteiger partial charge on any atom is -0.392 e. The minimum atomic E-state index is -0.270. The number of hydrogen-bond acceptors (Lipinski definition) is 3. The Labute approximate surface area is 111 Å². The summed E-state index contributed by atoms with van der Waals surface area (Å²) in [5, 5.41) is 15.6. The molecule has 0 heterocycles. The van der Waals surface area contributed by atoms with E-state index in [4.69, 9.17) is 5.11 Å². The molecule has 0 spiro atoms. The van der Waals surface area contributed by atoms with Crippen molar-refractivity contribution in [2.75, 3.05) is 19.6 Å². The van der Waals surface area contributed by atoms with Crippen molar-refractivity contribution < 1.29 is 5.11 Å². The fraction of sp³-hybridized carbons (Fsp3) is 0.600. The molecule has 0 fully saturated rings. The summed E-state index contributed by atoms with van der Waals surface area (Å²) in [7, 11) is 0. The van der Waals surface area contributed by atoms with Crippen molar-refractivity contribution in [3.8, 4) is 0 Å². The summed E-state index contributed by atoms with van der Waals surface area (Å²) >= 11 is 0. The van der Waals surface area contributed by atoms with E-state index in [1.54, 1.807) is 6.92 Å². The van der Waals surface area contributed by atoms with Crippen LogP contribution in [0.3, 0.4) is 0 Å². The van der Waals surface area contributed by atoms with Gasteiger partial charge in [-0.2, -0.15) is 0 Å². The van der Waals surface area contributed by atoms with Crippen LogP contribution in [0, 0.1) is 0 Å². The third-order valence-electron chi connectivity index (χ3n) is 2.89. The van der Waals surface area contributed by atoms with E-state index < -0.39 is 0 Å². The van der Waals surface area contributed by atoms with Crippen molar-refractivity contribution in [3.63, 3.8) is 0 Å². The second-order valence-electron chi connectivity index (χ2n) is 5.13. The highest BCUT2D eigenvalue weighted by Crippen LogP contribution is 2.14. The Morgan fingerprint density at radius 3 is 2.17 bits per heavy atom. The number of benzene rings is 1. The van der Waals surface area contributed by atoms with Gasteiger partial charge in [-0.05, 0) is 24.0 Å². The van der Waals surface area contributed by atoms with Gasteiger partial charge in [-0.1, -0.05) is 38.1 Å². The molecule has 3 N–H and O–H groups in total. The van der Waals surface area contributed by atoms with E-state index in [1.165, 1.54) is 11.1 Å². The monoisotopic (exact) mass is 250 g/mol. The number of aliphatic hydroxyl groups is 1. The molecule has 1 unspecified atom stereocenters. The van der Waals surface area contributed by atoms with E-state index in [-0.39, 0.29) is 6.10 Å². The standard InChI is InChI=1S/C15H26N2O/c1-12(2)15-6-4-14(5-7-15)11-17-9-8-16-10-13(3)18/h4-7,12-13,16-18H,8-11H2,1-3H3. The average Bonchev–Trinajstić information content (AvgIpc) is 2.34. The summed E-state index contributed by atoms with van der Waals surface area (Å²) in [5.41, 5.74) is 2.70. The van der Waals surface area contributed by atoms with E-state index in [9.17, 15) is 0 Å². The molecule has 1 aromatic rings. The number of hydrogen-bond donors (Lipinski definition) is 3. The van der Waals surface area contributed by atoms with Gasteiger partial charge in [-0.15, -0.1) is 0 Å². The highest BCUT2D eigenvalue weighted by molar-refractivity contribution is 5.24. The SMILES string of the molecule is CC(O)CNCCNCc1ccc(C(C)C)cc1. The molecule has 0 aliphatic rings. The van der Waals surface area contributed by atoms with Crippen LogP contribution < -0.4 is 10.6 Å². The van der Waals surface area contributed by atoms with Crippen LogP contribution in [0.5, 0.6) is 0 Å². The molecule has 1 aromatic carbocycles.